The highest BCUT2D eigenvalue weighted by molar-refractivity contribution is 6.03. The lowest BCUT2D eigenvalue weighted by Gasteiger charge is -2.21. The number of nitrogens with one attached hydrogen (secondary N) is 1. The molecule has 0 unspecified atom stereocenters. The number of carbonyl (C=O) groups excluding carboxylic acids is 1. The van der Waals surface area contributed by atoms with Gasteiger partial charge < -0.3 is 10.2 Å². The first-order valence-electron chi connectivity index (χ1n) is 8.59. The average Bonchev–Trinajstić information content (AvgIpc) is 2.87. The molecule has 5 heteroatoms. The van der Waals surface area contributed by atoms with E-state index >= 15 is 0 Å². The Balaban J connectivity index is 1.76. The van der Waals surface area contributed by atoms with Crippen LogP contribution in [-0.2, 0) is 0 Å². The van der Waals surface area contributed by atoms with Crippen LogP contribution in [0, 0.1) is 13.8 Å². The first kappa shape index (κ1) is 16.4. The number of hydrogen-bond donors (Lipinski definition) is 1. The van der Waals surface area contributed by atoms with Gasteiger partial charge in [0.15, 0.2) is 0 Å². The Labute approximate surface area is 143 Å². The minimum absolute atomic E-state index is 0.194. The highest BCUT2D eigenvalue weighted by atomic mass is 16.1. The van der Waals surface area contributed by atoms with Gasteiger partial charge in [-0.15, -0.1) is 0 Å². The van der Waals surface area contributed by atoms with Crippen molar-refractivity contribution in [2.45, 2.75) is 39.5 Å². The van der Waals surface area contributed by atoms with Crippen molar-refractivity contribution in [1.82, 2.24) is 9.97 Å². The van der Waals surface area contributed by atoms with E-state index in [9.17, 15) is 4.79 Å². The van der Waals surface area contributed by atoms with Gasteiger partial charge in [0.25, 0.3) is 5.91 Å². The topological polar surface area (TPSA) is 58.1 Å². The number of aryl methyl sites for hydroxylation is 2. The largest absolute Gasteiger partial charge is 0.357 e. The fourth-order valence-electron chi connectivity index (χ4n) is 3.08. The van der Waals surface area contributed by atoms with Crippen LogP contribution in [0.2, 0.25) is 0 Å². The normalized spacial score (nSPS) is 15.0. The van der Waals surface area contributed by atoms with Crippen molar-refractivity contribution >= 4 is 17.4 Å². The molecular weight excluding hydrogens is 300 g/mol. The smallest absolute Gasteiger partial charge is 0.274 e. The van der Waals surface area contributed by atoms with Gasteiger partial charge in [-0.1, -0.05) is 30.5 Å². The SMILES string of the molecule is Cc1ccc(NC(=O)c2cc(N3CCCCCC3)ncn2)c(C)c1. The molecule has 0 saturated carbocycles. The summed E-state index contributed by atoms with van der Waals surface area (Å²) < 4.78 is 0. The Bertz CT molecular complexity index is 721. The van der Waals surface area contributed by atoms with Gasteiger partial charge in [0.05, 0.1) is 0 Å². The minimum Gasteiger partial charge on any atom is -0.357 e. The van der Waals surface area contributed by atoms with E-state index in [0.29, 0.717) is 5.69 Å². The monoisotopic (exact) mass is 324 g/mol. The molecule has 0 aliphatic carbocycles. The second-order valence-corrected chi connectivity index (χ2v) is 6.44. The molecule has 1 aromatic heterocycles. The van der Waals surface area contributed by atoms with Crippen molar-refractivity contribution in [2.75, 3.05) is 23.3 Å². The van der Waals surface area contributed by atoms with Crippen LogP contribution in [-0.4, -0.2) is 29.0 Å². The number of amides is 1. The third-order valence-corrected chi connectivity index (χ3v) is 4.45. The second kappa shape index (κ2) is 7.43. The highest BCUT2D eigenvalue weighted by Gasteiger charge is 2.15. The molecule has 1 aromatic carbocycles. The molecule has 126 valence electrons. The number of carbonyl (C=O) groups is 1. The first-order valence-corrected chi connectivity index (χ1v) is 8.59. The van der Waals surface area contributed by atoms with Crippen molar-refractivity contribution in [2.24, 2.45) is 0 Å². The summed E-state index contributed by atoms with van der Waals surface area (Å²) in [6.07, 6.45) is 6.36. The predicted molar refractivity (Wildman–Crippen MR) is 96.6 cm³/mol. The average molecular weight is 324 g/mol. The molecule has 24 heavy (non-hydrogen) atoms. The summed E-state index contributed by atoms with van der Waals surface area (Å²) in [6.45, 7) is 6.02. The Morgan fingerprint density at radius 3 is 2.50 bits per heavy atom. The number of rotatable bonds is 3. The molecule has 0 bridgehead atoms. The van der Waals surface area contributed by atoms with Crippen LogP contribution in [0.5, 0.6) is 0 Å². The zero-order chi connectivity index (χ0) is 16.9. The van der Waals surface area contributed by atoms with Gasteiger partial charge in [-0.05, 0) is 38.3 Å². The molecule has 3 rings (SSSR count). The van der Waals surface area contributed by atoms with Crippen LogP contribution >= 0.6 is 0 Å². The maximum Gasteiger partial charge on any atom is 0.274 e. The lowest BCUT2D eigenvalue weighted by atomic mass is 10.1. The summed E-state index contributed by atoms with van der Waals surface area (Å²) in [5, 5.41) is 2.95. The van der Waals surface area contributed by atoms with E-state index < -0.39 is 0 Å². The quantitative estimate of drug-likeness (QED) is 0.934. The van der Waals surface area contributed by atoms with Crippen molar-refractivity contribution in [3.63, 3.8) is 0 Å². The molecule has 0 atom stereocenters. The summed E-state index contributed by atoms with van der Waals surface area (Å²) in [4.78, 5) is 23.3. The molecule has 2 heterocycles. The zero-order valence-electron chi connectivity index (χ0n) is 14.4. The van der Waals surface area contributed by atoms with Crippen molar-refractivity contribution in [3.05, 3.63) is 47.4 Å². The molecule has 1 saturated heterocycles. The fourth-order valence-corrected chi connectivity index (χ4v) is 3.08. The molecule has 5 nitrogen and oxygen atoms in total. The van der Waals surface area contributed by atoms with E-state index in [4.69, 9.17) is 0 Å². The summed E-state index contributed by atoms with van der Waals surface area (Å²) in [5.41, 5.74) is 3.45. The van der Waals surface area contributed by atoms with Crippen LogP contribution in [0.15, 0.2) is 30.6 Å². The Hall–Kier alpha value is -2.43. The maximum absolute atomic E-state index is 12.5. The Morgan fingerprint density at radius 2 is 1.79 bits per heavy atom. The van der Waals surface area contributed by atoms with Gasteiger partial charge in [-0.3, -0.25) is 4.79 Å². The van der Waals surface area contributed by atoms with Crippen LogP contribution in [0.3, 0.4) is 0 Å². The molecular formula is C19H24N4O. The molecule has 1 amide bonds. The lowest BCUT2D eigenvalue weighted by Crippen LogP contribution is -2.25. The van der Waals surface area contributed by atoms with E-state index in [0.717, 1.165) is 30.2 Å². The van der Waals surface area contributed by atoms with Crippen LogP contribution in [0.4, 0.5) is 11.5 Å². The predicted octanol–water partition coefficient (Wildman–Crippen LogP) is 3.73. The van der Waals surface area contributed by atoms with Crippen molar-refractivity contribution in [3.8, 4) is 0 Å². The summed E-state index contributed by atoms with van der Waals surface area (Å²) in [6, 6.07) is 7.77. The molecule has 0 spiro atoms. The molecule has 1 aliphatic rings. The van der Waals surface area contributed by atoms with Crippen LogP contribution < -0.4 is 10.2 Å². The van der Waals surface area contributed by atoms with E-state index in [1.807, 2.05) is 26.0 Å². The molecule has 2 aromatic rings. The zero-order valence-corrected chi connectivity index (χ0v) is 14.4. The van der Waals surface area contributed by atoms with E-state index in [-0.39, 0.29) is 5.91 Å². The number of aromatic nitrogens is 2. The molecule has 1 aliphatic heterocycles. The van der Waals surface area contributed by atoms with Gasteiger partial charge in [-0.2, -0.15) is 0 Å². The summed E-state index contributed by atoms with van der Waals surface area (Å²) in [7, 11) is 0. The van der Waals surface area contributed by atoms with E-state index in [1.54, 1.807) is 6.07 Å². The number of hydrogen-bond acceptors (Lipinski definition) is 4. The molecule has 0 radical (unpaired) electrons. The van der Waals surface area contributed by atoms with E-state index in [1.165, 1.54) is 37.6 Å². The molecule has 1 fully saturated rings. The number of benzene rings is 1. The van der Waals surface area contributed by atoms with Crippen LogP contribution in [0.25, 0.3) is 0 Å². The van der Waals surface area contributed by atoms with Gasteiger partial charge >= 0.3 is 0 Å². The highest BCUT2D eigenvalue weighted by Crippen LogP contribution is 2.19. The number of nitrogens with zero attached hydrogens (tertiary/aromatic N) is 3. The van der Waals surface area contributed by atoms with Gasteiger partial charge in [-0.25, -0.2) is 9.97 Å². The number of anilines is 2. The molecule has 1 N–H and O–H groups in total. The van der Waals surface area contributed by atoms with Gasteiger partial charge in [0, 0.05) is 24.8 Å². The van der Waals surface area contributed by atoms with Gasteiger partial charge in [0.2, 0.25) is 0 Å². The maximum atomic E-state index is 12.5. The summed E-state index contributed by atoms with van der Waals surface area (Å²) >= 11 is 0. The Morgan fingerprint density at radius 1 is 1.04 bits per heavy atom. The lowest BCUT2D eigenvalue weighted by molar-refractivity contribution is 0.102. The fraction of sp³-hybridized carbons (Fsp3) is 0.421. The van der Waals surface area contributed by atoms with Gasteiger partial charge in [0.1, 0.15) is 17.8 Å². The van der Waals surface area contributed by atoms with Crippen LogP contribution in [0.1, 0.15) is 47.3 Å². The van der Waals surface area contributed by atoms with E-state index in [2.05, 4.69) is 26.3 Å². The summed E-state index contributed by atoms with van der Waals surface area (Å²) in [5.74, 6) is 0.651. The van der Waals surface area contributed by atoms with Crippen molar-refractivity contribution < 1.29 is 4.79 Å². The second-order valence-electron chi connectivity index (χ2n) is 6.44. The van der Waals surface area contributed by atoms with Crippen molar-refractivity contribution in [1.29, 1.82) is 0 Å². The Kier molecular flexibility index (Phi) is 5.08. The third-order valence-electron chi connectivity index (χ3n) is 4.45. The third kappa shape index (κ3) is 3.91. The minimum atomic E-state index is -0.194. The first-order chi connectivity index (χ1) is 11.6. The standard InChI is InChI=1S/C19H24N4O/c1-14-7-8-16(15(2)11-14)22-19(24)17-12-18(21-13-20-17)23-9-5-3-4-6-10-23/h7-8,11-13H,3-6,9-10H2,1-2H3,(H,22,24).